The number of aromatic nitrogens is 2. The first-order chi connectivity index (χ1) is 11.7. The first-order valence-corrected chi connectivity index (χ1v) is 8.70. The quantitative estimate of drug-likeness (QED) is 0.601. The maximum atomic E-state index is 13.2. The van der Waals surface area contributed by atoms with Crippen molar-refractivity contribution in [2.24, 2.45) is 0 Å². The molecule has 4 nitrogen and oxygen atoms in total. The zero-order valence-electron chi connectivity index (χ0n) is 13.7. The van der Waals surface area contributed by atoms with Crippen LogP contribution in [0.1, 0.15) is 42.5 Å². The average molecular weight is 350 g/mol. The van der Waals surface area contributed by atoms with Gasteiger partial charge in [-0.05, 0) is 55.5 Å². The van der Waals surface area contributed by atoms with E-state index in [1.54, 1.807) is 0 Å². The summed E-state index contributed by atoms with van der Waals surface area (Å²) in [6.07, 6.45) is 2.73. The minimum absolute atomic E-state index is 0.144. The van der Waals surface area contributed by atoms with Crippen LogP contribution in [-0.2, 0) is 11.2 Å². The Bertz CT molecular complexity index is 693. The summed E-state index contributed by atoms with van der Waals surface area (Å²) in [5.41, 5.74) is 3.13. The molecule has 1 aliphatic carbocycles. The molecule has 1 atom stereocenters. The van der Waals surface area contributed by atoms with Crippen LogP contribution >= 0.6 is 11.6 Å². The van der Waals surface area contributed by atoms with Gasteiger partial charge in [0.05, 0.1) is 5.69 Å². The van der Waals surface area contributed by atoms with Gasteiger partial charge in [0.1, 0.15) is 11.6 Å². The van der Waals surface area contributed by atoms with Crippen LogP contribution in [0.15, 0.2) is 24.3 Å². The third kappa shape index (κ3) is 3.84. The highest BCUT2D eigenvalue weighted by molar-refractivity contribution is 6.28. The van der Waals surface area contributed by atoms with E-state index in [9.17, 15) is 4.39 Å². The van der Waals surface area contributed by atoms with Gasteiger partial charge in [-0.15, -0.1) is 0 Å². The number of benzene rings is 1. The summed E-state index contributed by atoms with van der Waals surface area (Å²) >= 11 is 6.12. The summed E-state index contributed by atoms with van der Waals surface area (Å²) < 4.78 is 18.5. The van der Waals surface area contributed by atoms with Crippen molar-refractivity contribution < 1.29 is 9.13 Å². The van der Waals surface area contributed by atoms with Gasteiger partial charge in [0.2, 0.25) is 5.28 Å². The Morgan fingerprint density at radius 3 is 2.83 bits per heavy atom. The largest absolute Gasteiger partial charge is 0.382 e. The molecule has 1 aromatic carbocycles. The maximum absolute atomic E-state index is 13.2. The first kappa shape index (κ1) is 17.1. The Kier molecular flexibility index (Phi) is 5.63. The van der Waals surface area contributed by atoms with E-state index in [0.29, 0.717) is 0 Å². The molecular weight excluding hydrogens is 329 g/mol. The summed E-state index contributed by atoms with van der Waals surface area (Å²) in [7, 11) is 0. The van der Waals surface area contributed by atoms with Crippen molar-refractivity contribution in [3.05, 3.63) is 52.2 Å². The molecule has 0 amide bonds. The highest BCUT2D eigenvalue weighted by atomic mass is 35.5. The Hall–Kier alpha value is -1.72. The van der Waals surface area contributed by atoms with Gasteiger partial charge in [0, 0.05) is 31.2 Å². The van der Waals surface area contributed by atoms with Gasteiger partial charge in [-0.3, -0.25) is 0 Å². The number of halogens is 2. The Labute approximate surface area is 146 Å². The van der Waals surface area contributed by atoms with E-state index in [0.717, 1.165) is 61.7 Å². The molecule has 1 heterocycles. The molecule has 0 saturated carbocycles. The number of anilines is 1. The minimum atomic E-state index is -0.227. The lowest BCUT2D eigenvalue weighted by molar-refractivity contribution is 0.147. The molecule has 128 valence electrons. The van der Waals surface area contributed by atoms with Crippen molar-refractivity contribution in [2.75, 3.05) is 25.1 Å². The highest BCUT2D eigenvalue weighted by Crippen LogP contribution is 2.40. The van der Waals surface area contributed by atoms with E-state index in [4.69, 9.17) is 16.3 Å². The Morgan fingerprint density at radius 1 is 1.29 bits per heavy atom. The number of hydrogen-bond acceptors (Lipinski definition) is 4. The van der Waals surface area contributed by atoms with Gasteiger partial charge in [0.25, 0.3) is 0 Å². The van der Waals surface area contributed by atoms with Crippen LogP contribution in [0, 0.1) is 5.82 Å². The van der Waals surface area contributed by atoms with Gasteiger partial charge in [-0.25, -0.2) is 14.4 Å². The predicted molar refractivity (Wildman–Crippen MR) is 93.2 cm³/mol. The second-order valence-electron chi connectivity index (χ2n) is 5.83. The van der Waals surface area contributed by atoms with Crippen molar-refractivity contribution in [2.45, 2.75) is 32.1 Å². The normalized spacial score (nSPS) is 16.2. The number of nitrogens with zero attached hydrogens (tertiary/aromatic N) is 2. The van der Waals surface area contributed by atoms with E-state index >= 15 is 0 Å². The van der Waals surface area contributed by atoms with Crippen molar-refractivity contribution in [3.8, 4) is 0 Å². The monoisotopic (exact) mass is 349 g/mol. The van der Waals surface area contributed by atoms with Gasteiger partial charge < -0.3 is 10.1 Å². The van der Waals surface area contributed by atoms with E-state index in [2.05, 4.69) is 15.3 Å². The van der Waals surface area contributed by atoms with Crippen molar-refractivity contribution in [1.82, 2.24) is 9.97 Å². The lowest BCUT2D eigenvalue weighted by atomic mass is 9.97. The Balaban J connectivity index is 1.77. The molecule has 6 heteroatoms. The second kappa shape index (κ2) is 7.90. The zero-order valence-corrected chi connectivity index (χ0v) is 14.4. The van der Waals surface area contributed by atoms with Crippen LogP contribution in [-0.4, -0.2) is 29.7 Å². The fourth-order valence-electron chi connectivity index (χ4n) is 3.12. The molecule has 1 unspecified atom stereocenters. The lowest BCUT2D eigenvalue weighted by Gasteiger charge is -2.13. The summed E-state index contributed by atoms with van der Waals surface area (Å²) in [6.45, 7) is 4.22. The summed E-state index contributed by atoms with van der Waals surface area (Å²) in [5.74, 6) is 0.727. The van der Waals surface area contributed by atoms with Crippen LogP contribution in [0.3, 0.4) is 0 Å². The number of nitrogens with one attached hydrogen (secondary N) is 1. The molecule has 1 aliphatic rings. The topological polar surface area (TPSA) is 47.0 Å². The molecule has 2 aromatic rings. The molecule has 3 rings (SSSR count). The molecule has 0 fully saturated rings. The van der Waals surface area contributed by atoms with Gasteiger partial charge in [-0.1, -0.05) is 12.1 Å². The van der Waals surface area contributed by atoms with Gasteiger partial charge in [0.15, 0.2) is 0 Å². The van der Waals surface area contributed by atoms with Crippen molar-refractivity contribution in [1.29, 1.82) is 0 Å². The number of fused-ring (bicyclic) bond motifs is 1. The highest BCUT2D eigenvalue weighted by Gasteiger charge is 2.29. The molecule has 24 heavy (non-hydrogen) atoms. The zero-order chi connectivity index (χ0) is 16.9. The number of hydrogen-bond donors (Lipinski definition) is 1. The smallest absolute Gasteiger partial charge is 0.224 e. The van der Waals surface area contributed by atoms with E-state index in [-0.39, 0.29) is 17.0 Å². The van der Waals surface area contributed by atoms with E-state index in [1.165, 1.54) is 12.1 Å². The predicted octanol–water partition coefficient (Wildman–Crippen LogP) is 4.19. The first-order valence-electron chi connectivity index (χ1n) is 8.32. The van der Waals surface area contributed by atoms with Crippen LogP contribution in [0.2, 0.25) is 5.28 Å². The molecule has 1 N–H and O–H groups in total. The van der Waals surface area contributed by atoms with E-state index in [1.807, 2.05) is 19.1 Å². The fraction of sp³-hybridized carbons (Fsp3) is 0.444. The Morgan fingerprint density at radius 2 is 2.08 bits per heavy atom. The molecule has 0 saturated heterocycles. The molecular formula is C18H21ClFN3O. The van der Waals surface area contributed by atoms with Crippen LogP contribution in [0.25, 0.3) is 0 Å². The lowest BCUT2D eigenvalue weighted by Crippen LogP contribution is -2.10. The maximum Gasteiger partial charge on any atom is 0.224 e. The number of rotatable bonds is 7. The second-order valence-corrected chi connectivity index (χ2v) is 6.16. The molecule has 1 aromatic heterocycles. The summed E-state index contributed by atoms with van der Waals surface area (Å²) in [6, 6.07) is 6.62. The summed E-state index contributed by atoms with van der Waals surface area (Å²) in [4.78, 5) is 8.80. The summed E-state index contributed by atoms with van der Waals surface area (Å²) in [5, 5.41) is 3.60. The third-order valence-electron chi connectivity index (χ3n) is 4.26. The molecule has 0 aliphatic heterocycles. The van der Waals surface area contributed by atoms with Crippen molar-refractivity contribution in [3.63, 3.8) is 0 Å². The number of ether oxygens (including phenoxy) is 1. The molecule has 0 bridgehead atoms. The average Bonchev–Trinajstić information content (AvgIpc) is 2.99. The van der Waals surface area contributed by atoms with Crippen LogP contribution in [0.4, 0.5) is 10.2 Å². The fourth-order valence-corrected chi connectivity index (χ4v) is 3.30. The van der Waals surface area contributed by atoms with E-state index < -0.39 is 0 Å². The van der Waals surface area contributed by atoms with Crippen molar-refractivity contribution >= 4 is 17.4 Å². The van der Waals surface area contributed by atoms with Gasteiger partial charge >= 0.3 is 0 Å². The SMILES string of the molecule is CCOCCCNc1nc(Cl)nc2c1CCC2c1ccc(F)cc1. The third-order valence-corrected chi connectivity index (χ3v) is 4.43. The molecule has 0 radical (unpaired) electrons. The molecule has 0 spiro atoms. The standard InChI is InChI=1S/C18H21ClFN3O/c1-2-24-11-3-10-21-17-15-9-8-14(16(15)22-18(19)23-17)12-4-6-13(20)7-5-12/h4-7,14H,2-3,8-11H2,1H3,(H,21,22,23). The minimum Gasteiger partial charge on any atom is -0.382 e. The van der Waals surface area contributed by atoms with Crippen LogP contribution < -0.4 is 5.32 Å². The van der Waals surface area contributed by atoms with Crippen LogP contribution in [0.5, 0.6) is 0 Å². The van der Waals surface area contributed by atoms with Gasteiger partial charge in [-0.2, -0.15) is 0 Å².